The first-order valence-electron chi connectivity index (χ1n) is 8.42. The second-order valence-electron chi connectivity index (χ2n) is 6.09. The van der Waals surface area contributed by atoms with E-state index >= 15 is 0 Å². The van der Waals surface area contributed by atoms with E-state index in [0.717, 1.165) is 50.1 Å². The fourth-order valence-corrected chi connectivity index (χ4v) is 4.08. The van der Waals surface area contributed by atoms with Crippen LogP contribution in [0.4, 0.5) is 0 Å². The van der Waals surface area contributed by atoms with E-state index in [1.54, 1.807) is 0 Å². The highest BCUT2D eigenvalue weighted by atomic mass is 32.2. The monoisotopic (exact) mass is 337 g/mol. The van der Waals surface area contributed by atoms with Gasteiger partial charge in [0.15, 0.2) is 5.96 Å². The van der Waals surface area contributed by atoms with Crippen molar-refractivity contribution in [1.82, 2.24) is 30.3 Å². The number of thioether (sulfide) groups is 1. The Morgan fingerprint density at radius 1 is 1.39 bits per heavy atom. The van der Waals surface area contributed by atoms with E-state index in [2.05, 4.69) is 42.4 Å². The van der Waals surface area contributed by atoms with Gasteiger partial charge in [-0.05, 0) is 13.3 Å². The Morgan fingerprint density at radius 3 is 3.00 bits per heavy atom. The van der Waals surface area contributed by atoms with Gasteiger partial charge in [0.25, 0.3) is 0 Å². The minimum absolute atomic E-state index is 0.362. The van der Waals surface area contributed by atoms with Crippen LogP contribution in [0.15, 0.2) is 4.99 Å². The fraction of sp³-hybridized carbons (Fsp3) is 0.800. The third-order valence-corrected chi connectivity index (χ3v) is 5.30. The van der Waals surface area contributed by atoms with E-state index in [9.17, 15) is 0 Å². The number of aliphatic imine (C=N–C) groups is 1. The normalized spacial score (nSPS) is 22.7. The van der Waals surface area contributed by atoms with Crippen LogP contribution in [-0.2, 0) is 13.0 Å². The molecule has 3 rings (SSSR count). The first kappa shape index (κ1) is 16.6. The maximum atomic E-state index is 4.46. The molecule has 1 saturated heterocycles. The van der Waals surface area contributed by atoms with Crippen LogP contribution in [0, 0.1) is 6.92 Å². The Hall–Kier alpha value is -1.28. The molecule has 1 aromatic rings. The number of nitrogens with zero attached hydrogens (tertiary/aromatic N) is 5. The Balaban J connectivity index is 1.42. The Morgan fingerprint density at radius 2 is 2.22 bits per heavy atom. The molecular formula is C15H27N7S. The number of hydrogen-bond donors (Lipinski definition) is 2. The summed E-state index contributed by atoms with van der Waals surface area (Å²) in [7, 11) is 1.83. The molecule has 0 spiro atoms. The van der Waals surface area contributed by atoms with Gasteiger partial charge in [-0.3, -0.25) is 9.89 Å². The van der Waals surface area contributed by atoms with Gasteiger partial charge in [0.05, 0.1) is 6.54 Å². The number of rotatable bonds is 4. The number of aromatic nitrogens is 3. The van der Waals surface area contributed by atoms with Crippen molar-refractivity contribution in [2.45, 2.75) is 32.4 Å². The van der Waals surface area contributed by atoms with Crippen LogP contribution in [0.3, 0.4) is 0 Å². The molecule has 0 amide bonds. The molecule has 7 nitrogen and oxygen atoms in total. The van der Waals surface area contributed by atoms with Crippen molar-refractivity contribution >= 4 is 17.7 Å². The summed E-state index contributed by atoms with van der Waals surface area (Å²) < 4.78 is 2.02. The lowest BCUT2D eigenvalue weighted by Crippen LogP contribution is -2.49. The smallest absolute Gasteiger partial charge is 0.191 e. The lowest BCUT2D eigenvalue weighted by molar-refractivity contribution is 0.306. The van der Waals surface area contributed by atoms with Crippen molar-refractivity contribution in [3.63, 3.8) is 0 Å². The molecule has 1 unspecified atom stereocenters. The molecule has 2 aliphatic heterocycles. The summed E-state index contributed by atoms with van der Waals surface area (Å²) in [5.41, 5.74) is 0. The van der Waals surface area contributed by atoms with Gasteiger partial charge < -0.3 is 10.6 Å². The van der Waals surface area contributed by atoms with Gasteiger partial charge in [-0.15, -0.1) is 0 Å². The van der Waals surface area contributed by atoms with Gasteiger partial charge in [-0.1, -0.05) is 0 Å². The molecular weight excluding hydrogens is 310 g/mol. The minimum Gasteiger partial charge on any atom is -0.355 e. The Bertz CT molecular complexity index is 536. The van der Waals surface area contributed by atoms with Crippen LogP contribution < -0.4 is 10.6 Å². The highest BCUT2D eigenvalue weighted by molar-refractivity contribution is 7.99. The van der Waals surface area contributed by atoms with Crippen LogP contribution in [0.1, 0.15) is 18.1 Å². The molecule has 0 bridgehead atoms. The zero-order valence-electron chi connectivity index (χ0n) is 14.1. The number of nitrogens with one attached hydrogen (secondary N) is 2. The molecule has 0 saturated carbocycles. The second-order valence-corrected chi connectivity index (χ2v) is 7.32. The van der Waals surface area contributed by atoms with E-state index in [4.69, 9.17) is 0 Å². The lowest BCUT2D eigenvalue weighted by atomic mass is 10.1. The van der Waals surface area contributed by atoms with Crippen LogP contribution in [0.25, 0.3) is 0 Å². The highest BCUT2D eigenvalue weighted by Gasteiger charge is 2.21. The van der Waals surface area contributed by atoms with Crippen molar-refractivity contribution in [1.29, 1.82) is 0 Å². The van der Waals surface area contributed by atoms with E-state index in [0.29, 0.717) is 6.04 Å². The predicted octanol–water partition coefficient (Wildman–Crippen LogP) is 0.115. The zero-order chi connectivity index (χ0) is 16.1. The molecule has 128 valence electrons. The summed E-state index contributed by atoms with van der Waals surface area (Å²) >= 11 is 2.05. The number of guanidine groups is 1. The van der Waals surface area contributed by atoms with Gasteiger partial charge in [0.2, 0.25) is 0 Å². The summed E-state index contributed by atoms with van der Waals surface area (Å²) in [6.45, 7) is 7.24. The van der Waals surface area contributed by atoms with Gasteiger partial charge in [0.1, 0.15) is 11.6 Å². The highest BCUT2D eigenvalue weighted by Crippen LogP contribution is 2.12. The summed E-state index contributed by atoms with van der Waals surface area (Å²) in [6.07, 6.45) is 2.04. The third-order valence-electron chi connectivity index (χ3n) is 4.35. The summed E-state index contributed by atoms with van der Waals surface area (Å²) in [5, 5.41) is 11.4. The predicted molar refractivity (Wildman–Crippen MR) is 95.1 cm³/mol. The van der Waals surface area contributed by atoms with Gasteiger partial charge in [-0.2, -0.15) is 16.9 Å². The molecule has 3 heterocycles. The van der Waals surface area contributed by atoms with E-state index in [1.165, 1.54) is 24.6 Å². The molecule has 2 N–H and O–H groups in total. The van der Waals surface area contributed by atoms with E-state index < -0.39 is 0 Å². The fourth-order valence-electron chi connectivity index (χ4n) is 3.10. The topological polar surface area (TPSA) is 70.4 Å². The van der Waals surface area contributed by atoms with Gasteiger partial charge in [-0.25, -0.2) is 9.67 Å². The minimum atomic E-state index is 0.362. The summed E-state index contributed by atoms with van der Waals surface area (Å²) in [5.74, 6) is 5.37. The average molecular weight is 337 g/mol. The molecule has 1 aromatic heterocycles. The molecule has 8 heteroatoms. The largest absolute Gasteiger partial charge is 0.355 e. The van der Waals surface area contributed by atoms with E-state index in [-0.39, 0.29) is 0 Å². The van der Waals surface area contributed by atoms with Crippen molar-refractivity contribution < 1.29 is 0 Å². The first-order chi connectivity index (χ1) is 11.2. The molecule has 0 radical (unpaired) electrons. The van der Waals surface area contributed by atoms with Gasteiger partial charge >= 0.3 is 0 Å². The molecule has 1 fully saturated rings. The van der Waals surface area contributed by atoms with Crippen LogP contribution >= 0.6 is 11.8 Å². The van der Waals surface area contributed by atoms with Crippen molar-refractivity contribution in [3.8, 4) is 0 Å². The maximum Gasteiger partial charge on any atom is 0.191 e. The Kier molecular flexibility index (Phi) is 5.77. The molecule has 1 atom stereocenters. The molecule has 2 aliphatic rings. The second kappa shape index (κ2) is 8.01. The number of aryl methyl sites for hydroxylation is 2. The zero-order valence-corrected chi connectivity index (χ0v) is 14.9. The summed E-state index contributed by atoms with van der Waals surface area (Å²) in [4.78, 5) is 11.3. The SMILES string of the molecule is CN=C(NCCN1CCSCC1)NC1CCc2nc(C)nn2C1. The van der Waals surface area contributed by atoms with E-state index in [1.807, 2.05) is 18.7 Å². The average Bonchev–Trinajstić information content (AvgIpc) is 2.94. The van der Waals surface area contributed by atoms with Crippen molar-refractivity contribution in [3.05, 3.63) is 11.6 Å². The van der Waals surface area contributed by atoms with Gasteiger partial charge in [0, 0.05) is 57.2 Å². The van der Waals surface area contributed by atoms with Crippen LogP contribution in [0.2, 0.25) is 0 Å². The first-order valence-corrected chi connectivity index (χ1v) is 9.57. The number of fused-ring (bicyclic) bond motifs is 1. The maximum absolute atomic E-state index is 4.46. The summed E-state index contributed by atoms with van der Waals surface area (Å²) in [6, 6.07) is 0.362. The van der Waals surface area contributed by atoms with Crippen molar-refractivity contribution in [2.24, 2.45) is 4.99 Å². The van der Waals surface area contributed by atoms with Crippen LogP contribution in [0.5, 0.6) is 0 Å². The molecule has 0 aromatic carbocycles. The Labute approximate surface area is 142 Å². The molecule has 0 aliphatic carbocycles. The standard InChI is InChI=1S/C15H27N7S/c1-12-18-14-4-3-13(11-22(14)20-12)19-15(16-2)17-5-6-21-7-9-23-10-8-21/h13H,3-11H2,1-2H3,(H2,16,17,19). The lowest BCUT2D eigenvalue weighted by Gasteiger charge is -2.28. The van der Waals surface area contributed by atoms with Crippen molar-refractivity contribution in [2.75, 3.05) is 44.7 Å². The van der Waals surface area contributed by atoms with Crippen LogP contribution in [-0.4, -0.2) is 76.4 Å². The molecule has 23 heavy (non-hydrogen) atoms. The number of hydrogen-bond acceptors (Lipinski definition) is 5. The quantitative estimate of drug-likeness (QED) is 0.601. The third kappa shape index (κ3) is 4.60.